The monoisotopic (exact) mass is 306 g/mol. The molecule has 0 fully saturated rings. The highest BCUT2D eigenvalue weighted by atomic mass is 16.5. The van der Waals surface area contributed by atoms with Crippen molar-refractivity contribution in [3.63, 3.8) is 0 Å². The Balaban J connectivity index is 1.90. The molecule has 1 aromatic heterocycles. The third kappa shape index (κ3) is 3.26. The molecule has 116 valence electrons. The molecule has 0 atom stereocenters. The minimum Gasteiger partial charge on any atom is -0.497 e. The molecular weight excluding hydrogens is 288 g/mol. The largest absolute Gasteiger partial charge is 0.497 e. The van der Waals surface area contributed by atoms with E-state index in [0.717, 1.165) is 28.6 Å². The van der Waals surface area contributed by atoms with Gasteiger partial charge in [0.2, 0.25) is 0 Å². The van der Waals surface area contributed by atoms with Crippen LogP contribution in [0, 0.1) is 0 Å². The van der Waals surface area contributed by atoms with Crippen molar-refractivity contribution in [3.05, 3.63) is 72.6 Å². The molecule has 0 aliphatic rings. The maximum absolute atomic E-state index is 5.32. The van der Waals surface area contributed by atoms with Gasteiger partial charge < -0.3 is 14.0 Å². The molecule has 2 aromatic carbocycles. The van der Waals surface area contributed by atoms with Crippen molar-refractivity contribution < 1.29 is 9.47 Å². The minimum atomic E-state index is 0.756. The normalized spacial score (nSPS) is 10.9. The molecule has 4 nitrogen and oxygen atoms in total. The molecule has 3 rings (SSSR count). The number of rotatable bonds is 5. The Hall–Kier alpha value is -3.01. The van der Waals surface area contributed by atoms with Crippen LogP contribution in [-0.2, 0) is 0 Å². The Kier molecular flexibility index (Phi) is 4.43. The molecule has 0 amide bonds. The molecule has 0 aliphatic carbocycles. The van der Waals surface area contributed by atoms with Crippen LogP contribution in [0.15, 0.2) is 71.9 Å². The molecule has 4 heteroatoms. The standard InChI is InChI=1S/C19H18N2O2/c1-22-17-11-9-15(10-12-17)21-13-5-6-16(21)14-20-18-7-3-4-8-19(18)23-2/h3-14H,1-2H3. The number of hydrogen-bond donors (Lipinski definition) is 0. The van der Waals surface area contributed by atoms with Crippen molar-refractivity contribution in [1.82, 2.24) is 4.57 Å². The summed E-state index contributed by atoms with van der Waals surface area (Å²) >= 11 is 0. The quantitative estimate of drug-likeness (QED) is 0.661. The summed E-state index contributed by atoms with van der Waals surface area (Å²) < 4.78 is 12.6. The Bertz CT molecular complexity index is 804. The van der Waals surface area contributed by atoms with Crippen LogP contribution in [0.3, 0.4) is 0 Å². The second-order valence-electron chi connectivity index (χ2n) is 4.93. The van der Waals surface area contributed by atoms with E-state index in [9.17, 15) is 0 Å². The molecule has 0 N–H and O–H groups in total. The Morgan fingerprint density at radius 3 is 2.39 bits per heavy atom. The average molecular weight is 306 g/mol. The molecule has 0 radical (unpaired) electrons. The summed E-state index contributed by atoms with van der Waals surface area (Å²) in [6, 6.07) is 19.6. The first-order valence-corrected chi connectivity index (χ1v) is 7.30. The van der Waals surface area contributed by atoms with Crippen molar-refractivity contribution >= 4 is 11.9 Å². The second-order valence-corrected chi connectivity index (χ2v) is 4.93. The molecule has 0 spiro atoms. The third-order valence-corrected chi connectivity index (χ3v) is 3.55. The summed E-state index contributed by atoms with van der Waals surface area (Å²) in [5, 5.41) is 0. The molecule has 0 bridgehead atoms. The topological polar surface area (TPSA) is 35.8 Å². The van der Waals surface area contributed by atoms with Gasteiger partial charge in [0, 0.05) is 11.9 Å². The minimum absolute atomic E-state index is 0.756. The van der Waals surface area contributed by atoms with E-state index >= 15 is 0 Å². The predicted molar refractivity (Wildman–Crippen MR) is 92.6 cm³/mol. The predicted octanol–water partition coefficient (Wildman–Crippen LogP) is 4.25. The van der Waals surface area contributed by atoms with Crippen LogP contribution in [0.2, 0.25) is 0 Å². The van der Waals surface area contributed by atoms with Gasteiger partial charge in [-0.15, -0.1) is 0 Å². The summed E-state index contributed by atoms with van der Waals surface area (Å²) in [4.78, 5) is 4.54. The number of benzene rings is 2. The van der Waals surface area contributed by atoms with Crippen LogP contribution in [0.25, 0.3) is 5.69 Å². The zero-order valence-electron chi connectivity index (χ0n) is 13.1. The van der Waals surface area contributed by atoms with Crippen molar-refractivity contribution in [1.29, 1.82) is 0 Å². The van der Waals surface area contributed by atoms with E-state index in [1.54, 1.807) is 14.2 Å². The first-order chi connectivity index (χ1) is 11.3. The van der Waals surface area contributed by atoms with Crippen LogP contribution in [0.1, 0.15) is 5.69 Å². The lowest BCUT2D eigenvalue weighted by Crippen LogP contribution is -1.97. The van der Waals surface area contributed by atoms with Gasteiger partial charge in [0.15, 0.2) is 0 Å². The van der Waals surface area contributed by atoms with Gasteiger partial charge in [-0.25, -0.2) is 0 Å². The van der Waals surface area contributed by atoms with E-state index < -0.39 is 0 Å². The van der Waals surface area contributed by atoms with Gasteiger partial charge in [-0.2, -0.15) is 0 Å². The first kappa shape index (κ1) is 14.9. The second kappa shape index (κ2) is 6.83. The zero-order valence-corrected chi connectivity index (χ0v) is 13.1. The van der Waals surface area contributed by atoms with E-state index in [4.69, 9.17) is 9.47 Å². The highest BCUT2D eigenvalue weighted by Crippen LogP contribution is 2.26. The van der Waals surface area contributed by atoms with E-state index in [0.29, 0.717) is 0 Å². The molecular formula is C19H18N2O2. The Morgan fingerprint density at radius 2 is 1.65 bits per heavy atom. The maximum atomic E-state index is 5.32. The fourth-order valence-corrected chi connectivity index (χ4v) is 2.35. The van der Waals surface area contributed by atoms with Gasteiger partial charge in [-0.05, 0) is 48.5 Å². The molecule has 3 aromatic rings. The lowest BCUT2D eigenvalue weighted by atomic mass is 10.3. The van der Waals surface area contributed by atoms with Crippen LogP contribution in [-0.4, -0.2) is 25.0 Å². The summed E-state index contributed by atoms with van der Waals surface area (Å²) in [6.07, 6.45) is 3.84. The summed E-state index contributed by atoms with van der Waals surface area (Å²) in [7, 11) is 3.31. The van der Waals surface area contributed by atoms with E-state index in [2.05, 4.69) is 9.56 Å². The van der Waals surface area contributed by atoms with Crippen molar-refractivity contribution in [3.8, 4) is 17.2 Å². The highest BCUT2D eigenvalue weighted by Gasteiger charge is 2.03. The molecule has 0 saturated heterocycles. The fourth-order valence-electron chi connectivity index (χ4n) is 2.35. The van der Waals surface area contributed by atoms with Crippen molar-refractivity contribution in [2.24, 2.45) is 4.99 Å². The number of nitrogens with zero attached hydrogens (tertiary/aromatic N) is 2. The average Bonchev–Trinajstić information content (AvgIpc) is 3.08. The number of aliphatic imine (C=N–C) groups is 1. The fraction of sp³-hybridized carbons (Fsp3) is 0.105. The molecule has 0 unspecified atom stereocenters. The summed E-state index contributed by atoms with van der Waals surface area (Å²) in [5.74, 6) is 1.59. The molecule has 1 heterocycles. The lowest BCUT2D eigenvalue weighted by molar-refractivity contribution is 0.414. The van der Waals surface area contributed by atoms with E-state index in [1.807, 2.05) is 73.1 Å². The van der Waals surface area contributed by atoms with Gasteiger partial charge in [-0.3, -0.25) is 4.99 Å². The van der Waals surface area contributed by atoms with Crippen LogP contribution in [0.4, 0.5) is 5.69 Å². The van der Waals surface area contributed by atoms with Gasteiger partial charge >= 0.3 is 0 Å². The maximum Gasteiger partial charge on any atom is 0.144 e. The smallest absolute Gasteiger partial charge is 0.144 e. The number of hydrogen-bond acceptors (Lipinski definition) is 3. The number of ether oxygens (including phenoxy) is 2. The third-order valence-electron chi connectivity index (χ3n) is 3.55. The van der Waals surface area contributed by atoms with Gasteiger partial charge in [0.25, 0.3) is 0 Å². The van der Waals surface area contributed by atoms with Gasteiger partial charge in [-0.1, -0.05) is 12.1 Å². The van der Waals surface area contributed by atoms with Crippen LogP contribution in [0.5, 0.6) is 11.5 Å². The van der Waals surface area contributed by atoms with Crippen molar-refractivity contribution in [2.45, 2.75) is 0 Å². The van der Waals surface area contributed by atoms with Crippen LogP contribution < -0.4 is 9.47 Å². The number of para-hydroxylation sites is 2. The SMILES string of the molecule is COc1ccc(-n2cccc2C=Nc2ccccc2OC)cc1. The first-order valence-electron chi connectivity index (χ1n) is 7.30. The number of aromatic nitrogens is 1. The van der Waals surface area contributed by atoms with E-state index in [1.165, 1.54) is 0 Å². The highest BCUT2D eigenvalue weighted by molar-refractivity contribution is 5.82. The van der Waals surface area contributed by atoms with Crippen molar-refractivity contribution in [2.75, 3.05) is 14.2 Å². The molecule has 23 heavy (non-hydrogen) atoms. The summed E-state index contributed by atoms with van der Waals surface area (Å²) in [6.45, 7) is 0. The zero-order chi connectivity index (χ0) is 16.1. The van der Waals surface area contributed by atoms with Gasteiger partial charge in [0.1, 0.15) is 17.2 Å². The van der Waals surface area contributed by atoms with E-state index in [-0.39, 0.29) is 0 Å². The number of methoxy groups -OCH3 is 2. The Labute approximate surface area is 135 Å². The lowest BCUT2D eigenvalue weighted by Gasteiger charge is -2.08. The molecule has 0 aliphatic heterocycles. The van der Waals surface area contributed by atoms with Gasteiger partial charge in [0.05, 0.1) is 26.1 Å². The molecule has 0 saturated carbocycles. The van der Waals surface area contributed by atoms with Crippen LogP contribution >= 0.6 is 0 Å². The Morgan fingerprint density at radius 1 is 0.870 bits per heavy atom. The summed E-state index contributed by atoms with van der Waals surface area (Å²) in [5.41, 5.74) is 2.84.